The molecule has 0 atom stereocenters. The summed E-state index contributed by atoms with van der Waals surface area (Å²) in [6.07, 6.45) is -3.98. The Kier molecular flexibility index (Phi) is 7.52. The monoisotopic (exact) mass is 474 g/mol. The molecule has 2 aromatic carbocycles. The van der Waals surface area contributed by atoms with Crippen LogP contribution >= 0.6 is 0 Å². The lowest BCUT2D eigenvalue weighted by Gasteiger charge is -2.22. The number of hydrogen-bond acceptors (Lipinski definition) is 4. The molecule has 1 aliphatic heterocycles. The molecule has 1 fully saturated rings. The van der Waals surface area contributed by atoms with Crippen LogP contribution in [0.1, 0.15) is 22.3 Å². The van der Waals surface area contributed by atoms with Gasteiger partial charge in [0.15, 0.2) is 0 Å². The van der Waals surface area contributed by atoms with E-state index in [1.54, 1.807) is 0 Å². The Balaban J connectivity index is 1.60. The van der Waals surface area contributed by atoms with E-state index in [0.717, 1.165) is 12.1 Å². The molecule has 3 rings (SSSR count). The van der Waals surface area contributed by atoms with Crippen molar-refractivity contribution in [3.63, 3.8) is 0 Å². The van der Waals surface area contributed by atoms with Gasteiger partial charge in [0.05, 0.1) is 11.5 Å². The first-order valence-electron chi connectivity index (χ1n) is 9.85. The zero-order chi connectivity index (χ0) is 23.4. The van der Waals surface area contributed by atoms with Crippen LogP contribution in [0.5, 0.6) is 0 Å². The van der Waals surface area contributed by atoms with Crippen LogP contribution in [0.15, 0.2) is 53.4 Å². The fraction of sp³-hybridized carbons (Fsp3) is 0.381. The Bertz CT molecular complexity index is 1030. The summed E-state index contributed by atoms with van der Waals surface area (Å²) in [5.74, 6) is -0.830. The third-order valence-corrected chi connectivity index (χ3v) is 6.84. The Hall–Kier alpha value is -2.50. The van der Waals surface area contributed by atoms with Crippen LogP contribution in [0.25, 0.3) is 0 Å². The lowest BCUT2D eigenvalue weighted by atomic mass is 10.1. The molecule has 0 bridgehead atoms. The van der Waals surface area contributed by atoms with Crippen molar-refractivity contribution in [1.29, 1.82) is 0 Å². The summed E-state index contributed by atoms with van der Waals surface area (Å²) in [4.78, 5) is 14.3. The Morgan fingerprint density at radius 2 is 1.59 bits per heavy atom. The van der Waals surface area contributed by atoms with Gasteiger partial charge in [-0.3, -0.25) is 4.79 Å². The molecular weight excluding hydrogens is 452 g/mol. The highest BCUT2D eigenvalue weighted by atomic mass is 32.2. The summed E-state index contributed by atoms with van der Waals surface area (Å²) in [6.45, 7) is -0.735. The van der Waals surface area contributed by atoms with E-state index in [0.29, 0.717) is 24.1 Å². The minimum Gasteiger partial charge on any atom is -0.367 e. The summed E-state index contributed by atoms with van der Waals surface area (Å²) in [5, 5.41) is 0. The van der Waals surface area contributed by atoms with Gasteiger partial charge in [-0.1, -0.05) is 12.1 Å². The molecule has 0 radical (unpaired) electrons. The minimum atomic E-state index is -4.40. The smallest absolute Gasteiger partial charge is 0.367 e. The number of benzene rings is 2. The van der Waals surface area contributed by atoms with Gasteiger partial charge in [0.1, 0.15) is 12.4 Å². The fourth-order valence-electron chi connectivity index (χ4n) is 3.30. The summed E-state index contributed by atoms with van der Waals surface area (Å²) in [6, 6.07) is 10.6. The summed E-state index contributed by atoms with van der Waals surface area (Å²) in [5.41, 5.74) is 0.845. The Morgan fingerprint density at radius 1 is 0.938 bits per heavy atom. The van der Waals surface area contributed by atoms with Crippen LogP contribution in [0, 0.1) is 5.82 Å². The van der Waals surface area contributed by atoms with Gasteiger partial charge in [-0.15, -0.1) is 0 Å². The molecular formula is C21H22F4N2O4S. The number of carbonyl (C=O) groups is 1. The number of ether oxygens (including phenoxy) is 1. The van der Waals surface area contributed by atoms with E-state index in [-0.39, 0.29) is 37.0 Å². The van der Waals surface area contributed by atoms with Crippen molar-refractivity contribution < 1.29 is 35.5 Å². The topological polar surface area (TPSA) is 66.9 Å². The van der Waals surface area contributed by atoms with E-state index in [1.807, 2.05) is 0 Å². The second kappa shape index (κ2) is 9.97. The number of halogens is 4. The maximum atomic E-state index is 13.1. The molecule has 6 nitrogen and oxygen atoms in total. The van der Waals surface area contributed by atoms with E-state index in [9.17, 15) is 30.8 Å². The van der Waals surface area contributed by atoms with E-state index in [1.165, 1.54) is 45.6 Å². The van der Waals surface area contributed by atoms with Crippen LogP contribution in [0.3, 0.4) is 0 Å². The number of rotatable bonds is 6. The first kappa shape index (κ1) is 24.1. The van der Waals surface area contributed by atoms with E-state index in [2.05, 4.69) is 4.74 Å². The molecule has 1 aliphatic rings. The fourth-order valence-corrected chi connectivity index (χ4v) is 4.77. The number of carbonyl (C=O) groups excluding carboxylic acids is 1. The van der Waals surface area contributed by atoms with Crippen molar-refractivity contribution in [1.82, 2.24) is 9.21 Å². The van der Waals surface area contributed by atoms with Crippen LogP contribution in [0.4, 0.5) is 17.6 Å². The van der Waals surface area contributed by atoms with Crippen LogP contribution in [-0.2, 0) is 21.4 Å². The number of nitrogens with zero attached hydrogens (tertiary/aromatic N) is 2. The van der Waals surface area contributed by atoms with E-state index < -0.39 is 28.6 Å². The van der Waals surface area contributed by atoms with Crippen molar-refractivity contribution >= 4 is 15.9 Å². The lowest BCUT2D eigenvalue weighted by Crippen LogP contribution is -2.37. The standard InChI is InChI=1S/C21H22F4N2O4S/c22-18-6-8-19(9-7-18)32(29,30)27-11-1-10-26(12-13-27)20(28)17-4-2-16(3-5-17)14-31-15-21(23,24)25/h2-9H,1,10-15H2. The van der Waals surface area contributed by atoms with E-state index in [4.69, 9.17) is 0 Å². The zero-order valence-corrected chi connectivity index (χ0v) is 17.8. The maximum Gasteiger partial charge on any atom is 0.411 e. The van der Waals surface area contributed by atoms with Crippen LogP contribution in [-0.4, -0.2) is 62.5 Å². The zero-order valence-electron chi connectivity index (χ0n) is 17.0. The van der Waals surface area contributed by atoms with Gasteiger partial charge in [-0.2, -0.15) is 17.5 Å². The third-order valence-electron chi connectivity index (χ3n) is 4.93. The minimum absolute atomic E-state index is 0.0120. The molecule has 0 saturated carbocycles. The molecule has 0 aliphatic carbocycles. The molecule has 1 saturated heterocycles. The van der Waals surface area contributed by atoms with Gasteiger partial charge >= 0.3 is 6.18 Å². The van der Waals surface area contributed by atoms with Crippen LogP contribution in [0.2, 0.25) is 0 Å². The second-order valence-electron chi connectivity index (χ2n) is 7.31. The van der Waals surface area contributed by atoms with Crippen molar-refractivity contribution in [2.24, 2.45) is 0 Å². The summed E-state index contributed by atoms with van der Waals surface area (Å²) < 4.78 is 81.0. The molecule has 1 amide bonds. The predicted molar refractivity (Wildman–Crippen MR) is 108 cm³/mol. The quantitative estimate of drug-likeness (QED) is 0.602. The number of alkyl halides is 3. The molecule has 1 heterocycles. The first-order valence-corrected chi connectivity index (χ1v) is 11.3. The second-order valence-corrected chi connectivity index (χ2v) is 9.25. The molecule has 32 heavy (non-hydrogen) atoms. The molecule has 2 aromatic rings. The van der Waals surface area contributed by atoms with Gasteiger partial charge in [-0.05, 0) is 48.4 Å². The Labute approximate surface area is 183 Å². The van der Waals surface area contributed by atoms with E-state index >= 15 is 0 Å². The molecule has 174 valence electrons. The summed E-state index contributed by atoms with van der Waals surface area (Å²) >= 11 is 0. The van der Waals surface area contributed by atoms with Crippen molar-refractivity contribution in [2.45, 2.75) is 24.1 Å². The average Bonchev–Trinajstić information content (AvgIpc) is 3.00. The average molecular weight is 474 g/mol. The molecule has 11 heteroatoms. The van der Waals surface area contributed by atoms with Gasteiger partial charge in [-0.25, -0.2) is 12.8 Å². The van der Waals surface area contributed by atoms with Gasteiger partial charge in [0, 0.05) is 31.7 Å². The van der Waals surface area contributed by atoms with Gasteiger partial charge < -0.3 is 9.64 Å². The first-order chi connectivity index (χ1) is 15.1. The van der Waals surface area contributed by atoms with Gasteiger partial charge in [0.25, 0.3) is 5.91 Å². The highest BCUT2D eigenvalue weighted by Gasteiger charge is 2.29. The molecule has 0 spiro atoms. The van der Waals surface area contributed by atoms with Crippen molar-refractivity contribution in [3.8, 4) is 0 Å². The lowest BCUT2D eigenvalue weighted by molar-refractivity contribution is -0.176. The number of sulfonamides is 1. The highest BCUT2D eigenvalue weighted by Crippen LogP contribution is 2.20. The highest BCUT2D eigenvalue weighted by molar-refractivity contribution is 7.89. The number of hydrogen-bond donors (Lipinski definition) is 0. The normalized spacial score (nSPS) is 16.1. The predicted octanol–water partition coefficient (Wildman–Crippen LogP) is 3.44. The molecule has 0 N–H and O–H groups in total. The van der Waals surface area contributed by atoms with Crippen LogP contribution < -0.4 is 0 Å². The Morgan fingerprint density at radius 3 is 2.22 bits per heavy atom. The third kappa shape index (κ3) is 6.27. The SMILES string of the molecule is O=C(c1ccc(COCC(F)(F)F)cc1)N1CCCN(S(=O)(=O)c2ccc(F)cc2)CC1. The van der Waals surface area contributed by atoms with Crippen molar-refractivity contribution in [3.05, 3.63) is 65.5 Å². The summed E-state index contributed by atoms with van der Waals surface area (Å²) in [7, 11) is -3.81. The largest absolute Gasteiger partial charge is 0.411 e. The number of amides is 1. The van der Waals surface area contributed by atoms with Crippen molar-refractivity contribution in [2.75, 3.05) is 32.8 Å². The molecule has 0 unspecified atom stereocenters. The van der Waals surface area contributed by atoms with Gasteiger partial charge in [0.2, 0.25) is 10.0 Å². The maximum absolute atomic E-state index is 13.1. The molecule has 0 aromatic heterocycles.